The number of hydrogen-bond donors (Lipinski definition) is 1. The molecule has 0 bridgehead atoms. The molecule has 1 amide bonds. The summed E-state index contributed by atoms with van der Waals surface area (Å²) in [5.41, 5.74) is 3.15. The predicted octanol–water partition coefficient (Wildman–Crippen LogP) is 6.96. The topological polar surface area (TPSA) is 102 Å². The molecule has 10 heteroatoms. The number of anilines is 1. The van der Waals surface area contributed by atoms with E-state index in [-0.39, 0.29) is 22.6 Å². The molecule has 2 atom stereocenters. The Kier molecular flexibility index (Phi) is 8.49. The number of Topliss-reactive ketones (excluding diaryl/α,β-unsaturated/α-hetero) is 1. The van der Waals surface area contributed by atoms with Crippen molar-refractivity contribution >= 4 is 45.7 Å². The highest BCUT2D eigenvalue weighted by Gasteiger charge is 2.48. The summed E-state index contributed by atoms with van der Waals surface area (Å²) in [6.45, 7) is 4.62. The molecule has 220 valence electrons. The number of thioether (sulfide) groups is 1. The number of unbranched alkanes of at least 4 members (excludes halogenated alkanes) is 1. The van der Waals surface area contributed by atoms with E-state index in [4.69, 9.17) is 9.47 Å². The van der Waals surface area contributed by atoms with Gasteiger partial charge in [0.25, 0.3) is 5.78 Å². The van der Waals surface area contributed by atoms with E-state index in [2.05, 4.69) is 17.1 Å². The molecule has 0 radical (unpaired) electrons. The van der Waals surface area contributed by atoms with Crippen LogP contribution < -0.4 is 14.4 Å². The van der Waals surface area contributed by atoms with Gasteiger partial charge >= 0.3 is 5.91 Å². The van der Waals surface area contributed by atoms with Crippen LogP contribution in [0.3, 0.4) is 0 Å². The Balaban J connectivity index is 1.39. The Morgan fingerprint density at radius 3 is 2.74 bits per heavy atom. The van der Waals surface area contributed by atoms with Gasteiger partial charge in [0, 0.05) is 17.7 Å². The van der Waals surface area contributed by atoms with E-state index in [1.807, 2.05) is 67.6 Å². The molecular weight excluding hydrogens is 583 g/mol. The molecule has 3 aromatic carbocycles. The quantitative estimate of drug-likeness (QED) is 0.0512. The van der Waals surface area contributed by atoms with Gasteiger partial charge in [0.1, 0.15) is 23.4 Å². The fourth-order valence-corrected chi connectivity index (χ4v) is 7.08. The number of nitrogens with zero attached hydrogens (tertiary/aromatic N) is 3. The summed E-state index contributed by atoms with van der Waals surface area (Å²) in [6, 6.07) is 21.7. The number of rotatable bonds is 10. The van der Waals surface area contributed by atoms with Crippen LogP contribution in [0.25, 0.3) is 5.76 Å². The second kappa shape index (κ2) is 12.6. The molecule has 43 heavy (non-hydrogen) atoms. The average molecular weight is 614 g/mol. The third kappa shape index (κ3) is 6.03. The van der Waals surface area contributed by atoms with E-state index in [1.54, 1.807) is 12.1 Å². The molecule has 0 spiro atoms. The van der Waals surface area contributed by atoms with Crippen molar-refractivity contribution in [2.24, 2.45) is 0 Å². The molecule has 4 aromatic rings. The van der Waals surface area contributed by atoms with Crippen LogP contribution in [0.4, 0.5) is 5.13 Å². The van der Waals surface area contributed by atoms with Crippen LogP contribution in [0, 0.1) is 0 Å². The fraction of sp³-hybridized carbons (Fsp3) is 0.273. The average Bonchev–Trinajstić information content (AvgIpc) is 3.71. The number of ether oxygens (including phenoxy) is 2. The second-order valence-electron chi connectivity index (χ2n) is 10.5. The molecule has 0 unspecified atom stereocenters. The van der Waals surface area contributed by atoms with Gasteiger partial charge in [-0.1, -0.05) is 78.9 Å². The van der Waals surface area contributed by atoms with E-state index < -0.39 is 17.7 Å². The molecule has 2 aliphatic rings. The molecule has 1 N–H and O–H groups in total. The number of fused-ring (bicyclic) bond motifs is 1. The number of aliphatic hydroxyl groups is 1. The Labute approximate surface area is 258 Å². The highest BCUT2D eigenvalue weighted by atomic mass is 32.2. The maximum atomic E-state index is 13.7. The van der Waals surface area contributed by atoms with Crippen molar-refractivity contribution in [3.63, 3.8) is 0 Å². The third-order valence-corrected chi connectivity index (χ3v) is 9.49. The van der Waals surface area contributed by atoms with E-state index in [0.29, 0.717) is 40.0 Å². The van der Waals surface area contributed by atoms with Crippen LogP contribution in [0.1, 0.15) is 55.0 Å². The van der Waals surface area contributed by atoms with E-state index in [9.17, 15) is 14.7 Å². The molecule has 1 saturated heterocycles. The zero-order chi connectivity index (χ0) is 29.9. The first-order chi connectivity index (χ1) is 20.9. The van der Waals surface area contributed by atoms with Gasteiger partial charge in [-0.15, -0.1) is 10.2 Å². The molecule has 3 heterocycles. The number of aliphatic hydroxyl groups excluding tert-OH is 1. The van der Waals surface area contributed by atoms with Crippen LogP contribution in [-0.2, 0) is 21.8 Å². The lowest BCUT2D eigenvalue weighted by Crippen LogP contribution is -2.29. The predicted molar refractivity (Wildman–Crippen MR) is 168 cm³/mol. The highest BCUT2D eigenvalue weighted by molar-refractivity contribution is 8.00. The van der Waals surface area contributed by atoms with Gasteiger partial charge in [0.2, 0.25) is 5.13 Å². The van der Waals surface area contributed by atoms with Crippen LogP contribution >= 0.6 is 23.1 Å². The van der Waals surface area contributed by atoms with Crippen LogP contribution in [0.2, 0.25) is 0 Å². The van der Waals surface area contributed by atoms with Crippen molar-refractivity contribution in [2.75, 3.05) is 11.5 Å². The highest BCUT2D eigenvalue weighted by Crippen LogP contribution is 2.45. The van der Waals surface area contributed by atoms with Gasteiger partial charge < -0.3 is 14.6 Å². The first kappa shape index (κ1) is 28.9. The van der Waals surface area contributed by atoms with Crippen LogP contribution in [0.15, 0.2) is 82.7 Å². The third-order valence-electron chi connectivity index (χ3n) is 7.36. The molecule has 1 aromatic heterocycles. The minimum Gasteiger partial charge on any atom is -0.507 e. The Morgan fingerprint density at radius 1 is 1.09 bits per heavy atom. The SMILES string of the molecule is CCCCOc1cccc([C@H]2/C(=C(\O)c3ccc4c(c3)C[C@H](C)O4)C(=O)C(=O)N2c2nnc(SCc3ccccc3)s2)c1. The Morgan fingerprint density at radius 2 is 1.93 bits per heavy atom. The lowest BCUT2D eigenvalue weighted by atomic mass is 9.94. The lowest BCUT2D eigenvalue weighted by Gasteiger charge is -2.23. The zero-order valence-electron chi connectivity index (χ0n) is 23.9. The summed E-state index contributed by atoms with van der Waals surface area (Å²) in [4.78, 5) is 28.7. The van der Waals surface area contributed by atoms with Crippen LogP contribution in [0.5, 0.6) is 11.5 Å². The smallest absolute Gasteiger partial charge is 0.301 e. The van der Waals surface area contributed by atoms with Crippen LogP contribution in [-0.4, -0.2) is 39.7 Å². The van der Waals surface area contributed by atoms with Crippen molar-refractivity contribution in [1.82, 2.24) is 10.2 Å². The minimum absolute atomic E-state index is 0.00342. The summed E-state index contributed by atoms with van der Waals surface area (Å²) in [6.07, 6.45) is 2.61. The van der Waals surface area contributed by atoms with E-state index in [0.717, 1.165) is 29.7 Å². The number of carbonyl (C=O) groups excluding carboxylic acids is 2. The Hall–Kier alpha value is -4.15. The first-order valence-corrected chi connectivity index (χ1v) is 16.1. The van der Waals surface area contributed by atoms with E-state index in [1.165, 1.54) is 28.0 Å². The Bertz CT molecular complexity index is 1690. The molecule has 1 fully saturated rings. The van der Waals surface area contributed by atoms with Gasteiger partial charge in [-0.3, -0.25) is 14.5 Å². The molecular formula is C33H31N3O5S2. The summed E-state index contributed by atoms with van der Waals surface area (Å²) in [5.74, 6) is 0.282. The van der Waals surface area contributed by atoms with Gasteiger partial charge in [-0.05, 0) is 60.4 Å². The standard InChI is InChI=1S/C33H31N3O5S2/c1-3-4-15-40-25-12-8-11-22(18-25)28-27(29(37)23-13-14-26-24(17-23)16-20(2)41-26)30(38)31(39)36(28)32-34-35-33(43-32)42-19-21-9-6-5-7-10-21/h5-14,17-18,20,28,37H,3-4,15-16,19H2,1-2H3/b29-27+/t20-,28-/m0/s1. The van der Waals surface area contributed by atoms with E-state index >= 15 is 0 Å². The number of aromatic nitrogens is 2. The summed E-state index contributed by atoms with van der Waals surface area (Å²) in [7, 11) is 0. The molecule has 8 nitrogen and oxygen atoms in total. The monoisotopic (exact) mass is 613 g/mol. The van der Waals surface area contributed by atoms with Gasteiger partial charge in [0.15, 0.2) is 4.34 Å². The minimum atomic E-state index is -0.918. The van der Waals surface area contributed by atoms with Crippen molar-refractivity contribution in [3.05, 3.63) is 101 Å². The summed E-state index contributed by atoms with van der Waals surface area (Å²) >= 11 is 2.75. The first-order valence-electron chi connectivity index (χ1n) is 14.3. The number of amides is 1. The van der Waals surface area contributed by atoms with Crippen molar-refractivity contribution in [2.45, 2.75) is 55.3 Å². The van der Waals surface area contributed by atoms with Gasteiger partial charge in [-0.2, -0.15) is 0 Å². The maximum Gasteiger partial charge on any atom is 0.301 e. The number of carbonyl (C=O) groups is 2. The molecule has 0 saturated carbocycles. The summed E-state index contributed by atoms with van der Waals surface area (Å²) in [5, 5.41) is 20.6. The molecule has 2 aliphatic heterocycles. The number of benzene rings is 3. The van der Waals surface area contributed by atoms with Gasteiger partial charge in [-0.25, -0.2) is 0 Å². The summed E-state index contributed by atoms with van der Waals surface area (Å²) < 4.78 is 12.4. The maximum absolute atomic E-state index is 13.7. The molecule has 6 rings (SSSR count). The van der Waals surface area contributed by atoms with Crippen molar-refractivity contribution in [1.29, 1.82) is 0 Å². The van der Waals surface area contributed by atoms with Crippen molar-refractivity contribution in [3.8, 4) is 11.5 Å². The lowest BCUT2D eigenvalue weighted by molar-refractivity contribution is -0.132. The largest absolute Gasteiger partial charge is 0.507 e. The second-order valence-corrected chi connectivity index (χ2v) is 12.7. The zero-order valence-corrected chi connectivity index (χ0v) is 25.5. The fourth-order valence-electron chi connectivity index (χ4n) is 5.26. The van der Waals surface area contributed by atoms with Crippen molar-refractivity contribution < 1.29 is 24.2 Å². The molecule has 0 aliphatic carbocycles. The number of ketones is 1. The number of hydrogen-bond acceptors (Lipinski definition) is 9. The normalized spacial score (nSPS) is 19.0. The van der Waals surface area contributed by atoms with Gasteiger partial charge in [0.05, 0.1) is 18.2 Å².